The highest BCUT2D eigenvalue weighted by molar-refractivity contribution is 7.98. The number of carbonyl (C=O) groups excluding carboxylic acids is 2. The number of carbonyl (C=O) groups is 2. The molecule has 6 nitrogen and oxygen atoms in total. The van der Waals surface area contributed by atoms with Gasteiger partial charge in [0.05, 0.1) is 14.2 Å². The molecule has 7 heteroatoms. The molecule has 0 aliphatic carbocycles. The minimum Gasteiger partial charge on any atom is -0.497 e. The first-order valence-electron chi connectivity index (χ1n) is 8.88. The first-order chi connectivity index (χ1) is 13.5. The van der Waals surface area contributed by atoms with E-state index in [9.17, 15) is 9.59 Å². The molecule has 1 amide bonds. The molecule has 150 valence electrons. The van der Waals surface area contributed by atoms with Crippen molar-refractivity contribution >= 4 is 23.6 Å². The first kappa shape index (κ1) is 21.6. The number of para-hydroxylation sites is 2. The lowest BCUT2D eigenvalue weighted by atomic mass is 10.2. The molecule has 28 heavy (non-hydrogen) atoms. The predicted molar refractivity (Wildman–Crippen MR) is 110 cm³/mol. The summed E-state index contributed by atoms with van der Waals surface area (Å²) < 4.78 is 15.6. The van der Waals surface area contributed by atoms with Gasteiger partial charge in [-0.05, 0) is 36.8 Å². The molecule has 1 atom stereocenters. The molecule has 0 unspecified atom stereocenters. The molecule has 0 saturated carbocycles. The van der Waals surface area contributed by atoms with Gasteiger partial charge in [0.25, 0.3) is 0 Å². The average Bonchev–Trinajstić information content (AvgIpc) is 2.72. The fraction of sp³-hybridized carbons (Fsp3) is 0.333. The molecule has 0 saturated heterocycles. The van der Waals surface area contributed by atoms with Crippen LogP contribution in [0.2, 0.25) is 0 Å². The molecule has 2 aromatic rings. The number of hydrogen-bond donors (Lipinski definition) is 1. The van der Waals surface area contributed by atoms with Crippen LogP contribution in [0.4, 0.5) is 0 Å². The smallest absolute Gasteiger partial charge is 0.333 e. The lowest BCUT2D eigenvalue weighted by Gasteiger charge is -2.14. The van der Waals surface area contributed by atoms with E-state index in [0.717, 1.165) is 11.5 Å². The monoisotopic (exact) mass is 403 g/mol. The van der Waals surface area contributed by atoms with Crippen molar-refractivity contribution in [3.8, 4) is 17.2 Å². The number of thioether (sulfide) groups is 1. The minimum atomic E-state index is -0.746. The molecule has 0 aliphatic heterocycles. The molecule has 0 aliphatic rings. The largest absolute Gasteiger partial charge is 0.497 e. The Hall–Kier alpha value is -2.67. The molecule has 1 N–H and O–H groups in total. The number of esters is 1. The summed E-state index contributed by atoms with van der Waals surface area (Å²) in [5.41, 5.74) is 1.17. The topological polar surface area (TPSA) is 73.9 Å². The summed E-state index contributed by atoms with van der Waals surface area (Å²) in [4.78, 5) is 24.2. The van der Waals surface area contributed by atoms with Crippen molar-refractivity contribution in [3.63, 3.8) is 0 Å². The molecule has 2 aromatic carbocycles. The molecule has 0 bridgehead atoms. The van der Waals surface area contributed by atoms with Gasteiger partial charge in [-0.1, -0.05) is 24.3 Å². The second kappa shape index (κ2) is 11.2. The van der Waals surface area contributed by atoms with E-state index in [4.69, 9.17) is 14.2 Å². The summed E-state index contributed by atoms with van der Waals surface area (Å²) in [7, 11) is 3.14. The highest BCUT2D eigenvalue weighted by Crippen LogP contribution is 2.26. The highest BCUT2D eigenvalue weighted by atomic mass is 32.2. The fourth-order valence-corrected chi connectivity index (χ4v) is 3.25. The third-order valence-electron chi connectivity index (χ3n) is 3.91. The number of methoxy groups -OCH3 is 2. The van der Waals surface area contributed by atoms with E-state index in [0.29, 0.717) is 23.7 Å². The number of nitrogens with one attached hydrogen (secondary N) is 1. The second-order valence-electron chi connectivity index (χ2n) is 6.01. The van der Waals surface area contributed by atoms with Crippen molar-refractivity contribution in [2.45, 2.75) is 25.1 Å². The summed E-state index contributed by atoms with van der Waals surface area (Å²) in [6, 6.07) is 14.0. The standard InChI is InChI=1S/C21H25NO5S/c1-15(21(24)27-19-7-5-4-6-18(19)26-3)22-20(23)12-13-28-14-16-8-10-17(25-2)11-9-16/h4-11,15H,12-14H2,1-3H3,(H,22,23)/t15-/m0/s1. The lowest BCUT2D eigenvalue weighted by molar-refractivity contribution is -0.138. The first-order valence-corrected chi connectivity index (χ1v) is 10.0. The van der Waals surface area contributed by atoms with Crippen LogP contribution in [-0.2, 0) is 15.3 Å². The van der Waals surface area contributed by atoms with E-state index in [1.165, 1.54) is 12.7 Å². The number of hydrogen-bond acceptors (Lipinski definition) is 6. The Labute approximate surface area is 169 Å². The van der Waals surface area contributed by atoms with Crippen molar-refractivity contribution in [1.82, 2.24) is 5.32 Å². The van der Waals surface area contributed by atoms with E-state index in [-0.39, 0.29) is 5.91 Å². The molecule has 0 spiro atoms. The van der Waals surface area contributed by atoms with E-state index >= 15 is 0 Å². The molecule has 0 aromatic heterocycles. The van der Waals surface area contributed by atoms with Gasteiger partial charge < -0.3 is 19.5 Å². The van der Waals surface area contributed by atoms with Crippen molar-refractivity contribution in [2.75, 3.05) is 20.0 Å². The van der Waals surface area contributed by atoms with Crippen LogP contribution in [0.15, 0.2) is 48.5 Å². The Balaban J connectivity index is 1.70. The van der Waals surface area contributed by atoms with E-state index in [2.05, 4.69) is 5.32 Å². The maximum absolute atomic E-state index is 12.2. The van der Waals surface area contributed by atoms with Crippen LogP contribution < -0.4 is 19.5 Å². The van der Waals surface area contributed by atoms with Gasteiger partial charge in [-0.25, -0.2) is 4.79 Å². The van der Waals surface area contributed by atoms with Crippen molar-refractivity contribution in [2.24, 2.45) is 0 Å². The molecular formula is C21H25NO5S. The third kappa shape index (κ3) is 6.81. The summed E-state index contributed by atoms with van der Waals surface area (Å²) in [5.74, 6) is 2.35. The molecule has 0 radical (unpaired) electrons. The number of amides is 1. The summed E-state index contributed by atoms with van der Waals surface area (Å²) in [6.07, 6.45) is 0.326. The Kier molecular flexibility index (Phi) is 8.68. The van der Waals surface area contributed by atoms with Gasteiger partial charge >= 0.3 is 5.97 Å². The minimum absolute atomic E-state index is 0.188. The lowest BCUT2D eigenvalue weighted by Crippen LogP contribution is -2.40. The van der Waals surface area contributed by atoms with Crippen LogP contribution in [0, 0.1) is 0 Å². The Morgan fingerprint density at radius 3 is 2.32 bits per heavy atom. The van der Waals surface area contributed by atoms with Crippen LogP contribution in [0.3, 0.4) is 0 Å². The average molecular weight is 404 g/mol. The van der Waals surface area contributed by atoms with Gasteiger partial charge in [0.15, 0.2) is 11.5 Å². The number of benzene rings is 2. The van der Waals surface area contributed by atoms with Crippen LogP contribution >= 0.6 is 11.8 Å². The maximum atomic E-state index is 12.2. The van der Waals surface area contributed by atoms with Gasteiger partial charge in [0, 0.05) is 17.9 Å². The van der Waals surface area contributed by atoms with Crippen LogP contribution in [-0.4, -0.2) is 37.9 Å². The normalized spacial score (nSPS) is 11.4. The Bertz CT molecular complexity index is 779. The van der Waals surface area contributed by atoms with Crippen molar-refractivity contribution in [3.05, 3.63) is 54.1 Å². The van der Waals surface area contributed by atoms with Gasteiger partial charge in [-0.3, -0.25) is 4.79 Å². The number of rotatable bonds is 10. The van der Waals surface area contributed by atoms with Crippen molar-refractivity contribution < 1.29 is 23.8 Å². The van der Waals surface area contributed by atoms with Gasteiger partial charge in [0.2, 0.25) is 5.91 Å². The predicted octanol–water partition coefficient (Wildman–Crippen LogP) is 3.44. The van der Waals surface area contributed by atoms with E-state index in [1.807, 2.05) is 24.3 Å². The molecule has 0 fully saturated rings. The zero-order valence-corrected chi connectivity index (χ0v) is 17.1. The summed E-state index contributed by atoms with van der Waals surface area (Å²) in [5, 5.41) is 2.67. The Morgan fingerprint density at radius 1 is 1.00 bits per heavy atom. The van der Waals surface area contributed by atoms with Gasteiger partial charge in [-0.2, -0.15) is 11.8 Å². The van der Waals surface area contributed by atoms with E-state index in [1.54, 1.807) is 50.1 Å². The van der Waals surface area contributed by atoms with Crippen LogP contribution in [0.25, 0.3) is 0 Å². The SMILES string of the molecule is COc1ccc(CSCCC(=O)N[C@@H](C)C(=O)Oc2ccccc2OC)cc1. The number of ether oxygens (including phenoxy) is 3. The molecular weight excluding hydrogens is 378 g/mol. The highest BCUT2D eigenvalue weighted by Gasteiger charge is 2.19. The maximum Gasteiger partial charge on any atom is 0.333 e. The van der Waals surface area contributed by atoms with Crippen molar-refractivity contribution in [1.29, 1.82) is 0 Å². The zero-order chi connectivity index (χ0) is 20.4. The van der Waals surface area contributed by atoms with Gasteiger partial charge in [0.1, 0.15) is 11.8 Å². The Morgan fingerprint density at radius 2 is 1.68 bits per heavy atom. The quantitative estimate of drug-likeness (QED) is 0.372. The second-order valence-corrected chi connectivity index (χ2v) is 7.12. The summed E-state index contributed by atoms with van der Waals surface area (Å²) >= 11 is 1.66. The van der Waals surface area contributed by atoms with Crippen LogP contribution in [0.5, 0.6) is 17.2 Å². The zero-order valence-electron chi connectivity index (χ0n) is 16.3. The summed E-state index contributed by atoms with van der Waals surface area (Å²) in [6.45, 7) is 1.60. The molecule has 0 heterocycles. The molecule has 2 rings (SSSR count). The van der Waals surface area contributed by atoms with E-state index < -0.39 is 12.0 Å². The van der Waals surface area contributed by atoms with Crippen LogP contribution in [0.1, 0.15) is 18.9 Å². The van der Waals surface area contributed by atoms with Gasteiger partial charge in [-0.15, -0.1) is 0 Å². The third-order valence-corrected chi connectivity index (χ3v) is 4.94. The fourth-order valence-electron chi connectivity index (χ4n) is 2.35.